The lowest BCUT2D eigenvalue weighted by molar-refractivity contribution is -0.129. The number of benzene rings is 1. The normalized spacial score (nSPS) is 20.0. The van der Waals surface area contributed by atoms with Crippen molar-refractivity contribution in [2.24, 2.45) is 0 Å². The SMILES string of the molecule is CC(C)N1CC(n2ccnc2-c2ccc3c(c2)OCCO3)CC1=O. The summed E-state index contributed by atoms with van der Waals surface area (Å²) in [5.41, 5.74) is 0.972. The zero-order valence-corrected chi connectivity index (χ0v) is 13.9. The third-order valence-electron chi connectivity index (χ3n) is 4.62. The molecule has 2 aromatic rings. The molecular weight excluding hydrogens is 306 g/mol. The van der Waals surface area contributed by atoms with E-state index in [1.807, 2.05) is 29.3 Å². The monoisotopic (exact) mass is 327 g/mol. The third-order valence-corrected chi connectivity index (χ3v) is 4.62. The minimum atomic E-state index is 0.116. The van der Waals surface area contributed by atoms with Gasteiger partial charge < -0.3 is 18.9 Å². The van der Waals surface area contributed by atoms with Gasteiger partial charge in [-0.05, 0) is 32.0 Å². The van der Waals surface area contributed by atoms with Gasteiger partial charge in [0.1, 0.15) is 19.0 Å². The summed E-state index contributed by atoms with van der Waals surface area (Å²) in [6.45, 7) is 5.97. The molecule has 1 unspecified atom stereocenters. The van der Waals surface area contributed by atoms with Gasteiger partial charge in [0, 0.05) is 37.0 Å². The smallest absolute Gasteiger partial charge is 0.225 e. The fourth-order valence-electron chi connectivity index (χ4n) is 3.41. The lowest BCUT2D eigenvalue weighted by atomic mass is 10.1. The van der Waals surface area contributed by atoms with Crippen LogP contribution in [-0.2, 0) is 4.79 Å². The minimum Gasteiger partial charge on any atom is -0.486 e. The van der Waals surface area contributed by atoms with Gasteiger partial charge in [-0.15, -0.1) is 0 Å². The van der Waals surface area contributed by atoms with Crippen molar-refractivity contribution in [2.45, 2.75) is 32.4 Å². The van der Waals surface area contributed by atoms with E-state index in [0.29, 0.717) is 19.6 Å². The molecule has 0 aliphatic carbocycles. The maximum atomic E-state index is 12.2. The van der Waals surface area contributed by atoms with Gasteiger partial charge in [-0.1, -0.05) is 0 Å². The summed E-state index contributed by atoms with van der Waals surface area (Å²) >= 11 is 0. The Kier molecular flexibility index (Phi) is 3.67. The van der Waals surface area contributed by atoms with Gasteiger partial charge in [0.25, 0.3) is 0 Å². The minimum absolute atomic E-state index is 0.116. The molecule has 1 saturated heterocycles. The van der Waals surface area contributed by atoms with Gasteiger partial charge in [-0.3, -0.25) is 4.79 Å². The summed E-state index contributed by atoms with van der Waals surface area (Å²) in [6, 6.07) is 6.21. The summed E-state index contributed by atoms with van der Waals surface area (Å²) in [5.74, 6) is 2.58. The van der Waals surface area contributed by atoms with Crippen LogP contribution in [0.15, 0.2) is 30.6 Å². The maximum Gasteiger partial charge on any atom is 0.225 e. The second-order valence-electron chi connectivity index (χ2n) is 6.51. The summed E-state index contributed by atoms with van der Waals surface area (Å²) in [6.07, 6.45) is 4.26. The molecule has 1 fully saturated rings. The molecule has 126 valence electrons. The van der Waals surface area contributed by atoms with Crippen LogP contribution < -0.4 is 9.47 Å². The fourth-order valence-corrected chi connectivity index (χ4v) is 3.41. The van der Waals surface area contributed by atoms with Crippen molar-refractivity contribution in [1.29, 1.82) is 0 Å². The first-order valence-electron chi connectivity index (χ1n) is 8.36. The van der Waals surface area contributed by atoms with Crippen molar-refractivity contribution in [2.75, 3.05) is 19.8 Å². The second kappa shape index (κ2) is 5.85. The second-order valence-corrected chi connectivity index (χ2v) is 6.51. The summed E-state index contributed by atoms with van der Waals surface area (Å²) < 4.78 is 13.3. The Morgan fingerprint density at radius 3 is 2.75 bits per heavy atom. The van der Waals surface area contributed by atoms with Crippen LogP contribution in [-0.4, -0.2) is 46.2 Å². The van der Waals surface area contributed by atoms with Gasteiger partial charge in [-0.2, -0.15) is 0 Å². The lowest BCUT2D eigenvalue weighted by Crippen LogP contribution is -2.32. The van der Waals surface area contributed by atoms with Crippen molar-refractivity contribution in [3.63, 3.8) is 0 Å². The number of carbonyl (C=O) groups excluding carboxylic acids is 1. The van der Waals surface area contributed by atoms with Crippen molar-refractivity contribution >= 4 is 5.91 Å². The number of nitrogens with zero attached hydrogens (tertiary/aromatic N) is 3. The molecule has 1 atom stereocenters. The van der Waals surface area contributed by atoms with Crippen LogP contribution in [0.2, 0.25) is 0 Å². The number of ether oxygens (including phenoxy) is 2. The largest absolute Gasteiger partial charge is 0.486 e. The molecule has 6 heteroatoms. The Morgan fingerprint density at radius 2 is 2.00 bits per heavy atom. The average Bonchev–Trinajstić information content (AvgIpc) is 3.20. The molecule has 1 amide bonds. The molecular formula is C18H21N3O3. The first-order valence-corrected chi connectivity index (χ1v) is 8.36. The Morgan fingerprint density at radius 1 is 1.21 bits per heavy atom. The van der Waals surface area contributed by atoms with Crippen molar-refractivity contribution in [1.82, 2.24) is 14.5 Å². The highest BCUT2D eigenvalue weighted by Gasteiger charge is 2.33. The number of carbonyl (C=O) groups is 1. The Balaban J connectivity index is 1.65. The summed E-state index contributed by atoms with van der Waals surface area (Å²) in [7, 11) is 0. The van der Waals surface area contributed by atoms with E-state index in [1.54, 1.807) is 6.20 Å². The van der Waals surface area contributed by atoms with Gasteiger partial charge in [0.15, 0.2) is 11.5 Å². The Labute approximate surface area is 141 Å². The zero-order chi connectivity index (χ0) is 16.7. The highest BCUT2D eigenvalue weighted by atomic mass is 16.6. The van der Waals surface area contributed by atoms with E-state index in [9.17, 15) is 4.79 Å². The number of hydrogen-bond acceptors (Lipinski definition) is 4. The maximum absolute atomic E-state index is 12.2. The van der Waals surface area contributed by atoms with Crippen LogP contribution in [0.3, 0.4) is 0 Å². The van der Waals surface area contributed by atoms with Gasteiger partial charge in [0.2, 0.25) is 5.91 Å². The molecule has 6 nitrogen and oxygen atoms in total. The molecule has 0 spiro atoms. The van der Waals surface area contributed by atoms with Crippen LogP contribution >= 0.6 is 0 Å². The number of hydrogen-bond donors (Lipinski definition) is 0. The molecule has 0 N–H and O–H groups in total. The zero-order valence-electron chi connectivity index (χ0n) is 13.9. The number of rotatable bonds is 3. The number of amides is 1. The first kappa shape index (κ1) is 15.1. The van der Waals surface area contributed by atoms with Gasteiger partial charge in [-0.25, -0.2) is 4.98 Å². The quantitative estimate of drug-likeness (QED) is 0.869. The molecule has 0 bridgehead atoms. The number of fused-ring (bicyclic) bond motifs is 1. The van der Waals surface area contributed by atoms with Crippen molar-refractivity contribution < 1.29 is 14.3 Å². The lowest BCUT2D eigenvalue weighted by Gasteiger charge is -2.22. The molecule has 0 radical (unpaired) electrons. The van der Waals surface area contributed by atoms with E-state index in [4.69, 9.17) is 9.47 Å². The molecule has 0 saturated carbocycles. The van der Waals surface area contributed by atoms with Crippen LogP contribution in [0, 0.1) is 0 Å². The molecule has 1 aromatic heterocycles. The standard InChI is InChI=1S/C18H21N3O3/c1-12(2)21-11-14(10-17(21)22)20-6-5-19-18(20)13-3-4-15-16(9-13)24-8-7-23-15/h3-6,9,12,14H,7-8,10-11H2,1-2H3. The van der Waals surface area contributed by atoms with E-state index in [0.717, 1.165) is 29.4 Å². The molecule has 3 heterocycles. The summed E-state index contributed by atoms with van der Waals surface area (Å²) in [5, 5.41) is 0. The molecule has 1 aromatic carbocycles. The fraction of sp³-hybridized carbons (Fsp3) is 0.444. The molecule has 2 aliphatic heterocycles. The van der Waals surface area contributed by atoms with Crippen molar-refractivity contribution in [3.05, 3.63) is 30.6 Å². The third kappa shape index (κ3) is 2.52. The number of imidazole rings is 1. The van der Waals surface area contributed by atoms with Crippen molar-refractivity contribution in [3.8, 4) is 22.9 Å². The van der Waals surface area contributed by atoms with E-state index in [-0.39, 0.29) is 18.0 Å². The first-order chi connectivity index (χ1) is 11.6. The highest BCUT2D eigenvalue weighted by Crippen LogP contribution is 2.35. The van der Waals surface area contributed by atoms with Gasteiger partial charge >= 0.3 is 0 Å². The highest BCUT2D eigenvalue weighted by molar-refractivity contribution is 5.79. The van der Waals surface area contributed by atoms with E-state index >= 15 is 0 Å². The molecule has 4 rings (SSSR count). The van der Waals surface area contributed by atoms with Crippen LogP contribution in [0.1, 0.15) is 26.3 Å². The van der Waals surface area contributed by atoms with Crippen LogP contribution in [0.5, 0.6) is 11.5 Å². The number of likely N-dealkylation sites (tertiary alicyclic amines) is 1. The Bertz CT molecular complexity index is 769. The topological polar surface area (TPSA) is 56.6 Å². The number of aromatic nitrogens is 2. The Hall–Kier alpha value is -2.50. The molecule has 2 aliphatic rings. The summed E-state index contributed by atoms with van der Waals surface area (Å²) in [4.78, 5) is 18.7. The van der Waals surface area contributed by atoms with E-state index < -0.39 is 0 Å². The van der Waals surface area contributed by atoms with Gasteiger partial charge in [0.05, 0.1) is 6.04 Å². The molecule has 24 heavy (non-hydrogen) atoms. The predicted molar refractivity (Wildman–Crippen MR) is 89.2 cm³/mol. The predicted octanol–water partition coefficient (Wildman–Crippen LogP) is 2.50. The average molecular weight is 327 g/mol. The van der Waals surface area contributed by atoms with Crippen LogP contribution in [0.25, 0.3) is 11.4 Å². The van der Waals surface area contributed by atoms with E-state index in [2.05, 4.69) is 23.4 Å². The van der Waals surface area contributed by atoms with Crippen LogP contribution in [0.4, 0.5) is 0 Å². The van der Waals surface area contributed by atoms with E-state index in [1.165, 1.54) is 0 Å².